The SMILES string of the molecule is O=C(Nc1cccc(F)c1)c1nnc(CCCC(=O)N2CCOCC2)s1. The van der Waals surface area contributed by atoms with Gasteiger partial charge in [-0.25, -0.2) is 4.39 Å². The number of rotatable bonds is 6. The number of amides is 2. The van der Waals surface area contributed by atoms with E-state index in [9.17, 15) is 14.0 Å². The standard InChI is InChI=1S/C17H19FN4O3S/c18-12-3-1-4-13(11-12)19-16(24)17-21-20-14(26-17)5-2-6-15(23)22-7-9-25-10-8-22/h1,3-4,11H,2,5-10H2,(H,19,24). The monoisotopic (exact) mass is 378 g/mol. The normalized spacial score (nSPS) is 14.3. The number of aromatic nitrogens is 2. The Kier molecular flexibility index (Phi) is 6.24. The Morgan fingerprint density at radius 3 is 2.85 bits per heavy atom. The third-order valence-electron chi connectivity index (χ3n) is 3.89. The van der Waals surface area contributed by atoms with Crippen molar-refractivity contribution in [3.63, 3.8) is 0 Å². The molecule has 1 saturated heterocycles. The maximum Gasteiger partial charge on any atom is 0.286 e. The Bertz CT molecular complexity index is 777. The number of benzene rings is 1. The highest BCUT2D eigenvalue weighted by molar-refractivity contribution is 7.13. The molecule has 0 saturated carbocycles. The molecule has 0 spiro atoms. The van der Waals surface area contributed by atoms with Crippen LogP contribution >= 0.6 is 11.3 Å². The van der Waals surface area contributed by atoms with E-state index in [1.54, 1.807) is 6.07 Å². The third kappa shape index (κ3) is 5.06. The number of nitrogens with one attached hydrogen (secondary N) is 1. The quantitative estimate of drug-likeness (QED) is 0.832. The molecule has 138 valence electrons. The van der Waals surface area contributed by atoms with Gasteiger partial charge in [-0.2, -0.15) is 0 Å². The number of hydrogen-bond acceptors (Lipinski definition) is 6. The van der Waals surface area contributed by atoms with Crippen LogP contribution in [0.3, 0.4) is 0 Å². The lowest BCUT2D eigenvalue weighted by Crippen LogP contribution is -2.40. The number of aryl methyl sites for hydroxylation is 1. The maximum atomic E-state index is 13.1. The zero-order valence-electron chi connectivity index (χ0n) is 14.1. The summed E-state index contributed by atoms with van der Waals surface area (Å²) in [6.45, 7) is 2.46. The van der Waals surface area contributed by atoms with Gasteiger partial charge in [0.15, 0.2) is 0 Å². The fourth-order valence-electron chi connectivity index (χ4n) is 2.56. The molecule has 9 heteroatoms. The second-order valence-corrected chi connectivity index (χ2v) is 6.87. The smallest absolute Gasteiger partial charge is 0.286 e. The van der Waals surface area contributed by atoms with Gasteiger partial charge in [-0.05, 0) is 24.6 Å². The number of morpholine rings is 1. The number of halogens is 1. The molecule has 7 nitrogen and oxygen atoms in total. The molecule has 2 amide bonds. The highest BCUT2D eigenvalue weighted by atomic mass is 32.1. The Labute approximate surface area is 154 Å². The lowest BCUT2D eigenvalue weighted by molar-refractivity contribution is -0.135. The predicted molar refractivity (Wildman–Crippen MR) is 94.6 cm³/mol. The van der Waals surface area contributed by atoms with Gasteiger partial charge in [-0.3, -0.25) is 9.59 Å². The maximum absolute atomic E-state index is 13.1. The van der Waals surface area contributed by atoms with Crippen LogP contribution in [0.4, 0.5) is 10.1 Å². The molecule has 1 N–H and O–H groups in total. The second-order valence-electron chi connectivity index (χ2n) is 5.81. The average Bonchev–Trinajstić information content (AvgIpc) is 3.11. The molecule has 1 aliphatic heterocycles. The van der Waals surface area contributed by atoms with Gasteiger partial charge < -0.3 is 15.0 Å². The van der Waals surface area contributed by atoms with E-state index in [1.165, 1.54) is 29.5 Å². The van der Waals surface area contributed by atoms with E-state index in [-0.39, 0.29) is 10.9 Å². The molecular formula is C17H19FN4O3S. The fourth-order valence-corrected chi connectivity index (χ4v) is 3.34. The molecule has 0 atom stereocenters. The summed E-state index contributed by atoms with van der Waals surface area (Å²) >= 11 is 1.18. The van der Waals surface area contributed by atoms with Crippen LogP contribution in [0.25, 0.3) is 0 Å². The van der Waals surface area contributed by atoms with Crippen molar-refractivity contribution in [1.29, 1.82) is 0 Å². The molecular weight excluding hydrogens is 359 g/mol. The Morgan fingerprint density at radius 1 is 1.27 bits per heavy atom. The Morgan fingerprint density at radius 2 is 2.08 bits per heavy atom. The van der Waals surface area contributed by atoms with Crippen molar-refractivity contribution < 1.29 is 18.7 Å². The van der Waals surface area contributed by atoms with E-state index < -0.39 is 11.7 Å². The molecule has 0 radical (unpaired) electrons. The summed E-state index contributed by atoms with van der Waals surface area (Å²) in [6, 6.07) is 5.65. The van der Waals surface area contributed by atoms with Crippen molar-refractivity contribution in [2.24, 2.45) is 0 Å². The first kappa shape index (κ1) is 18.4. The van der Waals surface area contributed by atoms with E-state index in [4.69, 9.17) is 4.74 Å². The van der Waals surface area contributed by atoms with Crippen molar-refractivity contribution in [2.45, 2.75) is 19.3 Å². The first-order chi connectivity index (χ1) is 12.6. The summed E-state index contributed by atoms with van der Waals surface area (Å²) in [6.07, 6.45) is 1.67. The molecule has 0 bridgehead atoms. The lowest BCUT2D eigenvalue weighted by atomic mass is 10.2. The summed E-state index contributed by atoms with van der Waals surface area (Å²) in [7, 11) is 0. The van der Waals surface area contributed by atoms with Gasteiger partial charge >= 0.3 is 0 Å². The van der Waals surface area contributed by atoms with Gasteiger partial charge in [0.1, 0.15) is 10.8 Å². The van der Waals surface area contributed by atoms with Crippen LogP contribution < -0.4 is 5.32 Å². The summed E-state index contributed by atoms with van der Waals surface area (Å²) in [5, 5.41) is 11.4. The minimum Gasteiger partial charge on any atom is -0.378 e. The van der Waals surface area contributed by atoms with E-state index in [2.05, 4.69) is 15.5 Å². The Balaban J connectivity index is 1.46. The largest absolute Gasteiger partial charge is 0.378 e. The predicted octanol–water partition coefficient (Wildman–Crippen LogP) is 2.11. The highest BCUT2D eigenvalue weighted by Crippen LogP contribution is 2.16. The zero-order chi connectivity index (χ0) is 18.4. The van der Waals surface area contributed by atoms with Crippen LogP contribution in [0.15, 0.2) is 24.3 Å². The van der Waals surface area contributed by atoms with Crippen LogP contribution in [0.5, 0.6) is 0 Å². The molecule has 3 rings (SSSR count). The Hall–Kier alpha value is -2.39. The summed E-state index contributed by atoms with van der Waals surface area (Å²) < 4.78 is 18.4. The molecule has 0 unspecified atom stereocenters. The average molecular weight is 378 g/mol. The molecule has 1 aromatic carbocycles. The zero-order valence-corrected chi connectivity index (χ0v) is 14.9. The molecule has 2 heterocycles. The number of carbonyl (C=O) groups is 2. The van der Waals surface area contributed by atoms with Gasteiger partial charge in [0.25, 0.3) is 5.91 Å². The minimum atomic E-state index is -0.427. The van der Waals surface area contributed by atoms with Gasteiger partial charge in [0.05, 0.1) is 13.2 Å². The molecule has 1 fully saturated rings. The van der Waals surface area contributed by atoms with Gasteiger partial charge in [0.2, 0.25) is 10.9 Å². The van der Waals surface area contributed by atoms with Crippen LogP contribution in [0, 0.1) is 5.82 Å². The van der Waals surface area contributed by atoms with Gasteiger partial charge in [0, 0.05) is 31.6 Å². The van der Waals surface area contributed by atoms with Crippen molar-refractivity contribution >= 4 is 28.8 Å². The molecule has 1 aliphatic rings. The number of carbonyl (C=O) groups excluding carboxylic acids is 2. The fraction of sp³-hybridized carbons (Fsp3) is 0.412. The van der Waals surface area contributed by atoms with Crippen LogP contribution in [0.1, 0.15) is 27.7 Å². The van der Waals surface area contributed by atoms with Crippen LogP contribution in [-0.2, 0) is 16.0 Å². The second kappa shape index (κ2) is 8.81. The number of hydrogen-bond donors (Lipinski definition) is 1. The number of ether oxygens (including phenoxy) is 1. The van der Waals surface area contributed by atoms with Gasteiger partial charge in [-0.15, -0.1) is 10.2 Å². The van der Waals surface area contributed by atoms with Crippen molar-refractivity contribution in [3.05, 3.63) is 40.1 Å². The number of nitrogens with zero attached hydrogens (tertiary/aromatic N) is 3. The van der Waals surface area contributed by atoms with Crippen molar-refractivity contribution in [3.8, 4) is 0 Å². The first-order valence-electron chi connectivity index (χ1n) is 8.36. The summed E-state index contributed by atoms with van der Waals surface area (Å²) in [5.74, 6) is -0.740. The summed E-state index contributed by atoms with van der Waals surface area (Å²) in [5.41, 5.74) is 0.364. The van der Waals surface area contributed by atoms with Crippen molar-refractivity contribution in [2.75, 3.05) is 31.6 Å². The van der Waals surface area contributed by atoms with Crippen molar-refractivity contribution in [1.82, 2.24) is 15.1 Å². The van der Waals surface area contributed by atoms with E-state index in [1.807, 2.05) is 4.90 Å². The third-order valence-corrected chi connectivity index (χ3v) is 4.87. The molecule has 26 heavy (non-hydrogen) atoms. The summed E-state index contributed by atoms with van der Waals surface area (Å²) in [4.78, 5) is 26.0. The van der Waals surface area contributed by atoms with E-state index >= 15 is 0 Å². The molecule has 2 aromatic rings. The number of anilines is 1. The molecule has 0 aliphatic carbocycles. The first-order valence-corrected chi connectivity index (χ1v) is 9.18. The lowest BCUT2D eigenvalue weighted by Gasteiger charge is -2.26. The van der Waals surface area contributed by atoms with Gasteiger partial charge in [-0.1, -0.05) is 17.4 Å². The van der Waals surface area contributed by atoms with E-state index in [0.29, 0.717) is 56.3 Å². The topological polar surface area (TPSA) is 84.4 Å². The van der Waals surface area contributed by atoms with Crippen LogP contribution in [-0.4, -0.2) is 53.2 Å². The minimum absolute atomic E-state index is 0.113. The molecule has 1 aromatic heterocycles. The van der Waals surface area contributed by atoms with E-state index in [0.717, 1.165) is 0 Å². The van der Waals surface area contributed by atoms with Crippen LogP contribution in [0.2, 0.25) is 0 Å². The highest BCUT2D eigenvalue weighted by Gasteiger charge is 2.17.